The molecule has 0 saturated heterocycles. The van der Waals surface area contributed by atoms with Crippen molar-refractivity contribution in [1.29, 1.82) is 0 Å². The average molecular weight is 376 g/mol. The fourth-order valence-corrected chi connectivity index (χ4v) is 3.68. The van der Waals surface area contributed by atoms with Gasteiger partial charge in [-0.15, -0.1) is 0 Å². The van der Waals surface area contributed by atoms with Crippen LogP contribution in [0, 0.1) is 0 Å². The van der Waals surface area contributed by atoms with E-state index in [0.717, 1.165) is 10.5 Å². The smallest absolute Gasteiger partial charge is 0.323 e. The Kier molecular flexibility index (Phi) is 3.61. The minimum atomic E-state index is -2.24. The third kappa shape index (κ3) is 2.24. The van der Waals surface area contributed by atoms with Crippen molar-refractivity contribution in [2.24, 2.45) is 0 Å². The number of phenolic OH excluding ortho intramolecular Hbond substituents is 1. The van der Waals surface area contributed by atoms with Crippen molar-refractivity contribution >= 4 is 29.2 Å². The molecule has 1 unspecified atom stereocenters. The maximum absolute atomic E-state index is 13.0. The van der Waals surface area contributed by atoms with Gasteiger partial charge in [0.2, 0.25) is 0 Å². The van der Waals surface area contributed by atoms with Gasteiger partial charge in [-0.05, 0) is 29.8 Å². The second-order valence-corrected chi connectivity index (χ2v) is 6.67. The third-order valence-corrected chi connectivity index (χ3v) is 4.92. The van der Waals surface area contributed by atoms with Crippen LogP contribution in [0.2, 0.25) is 5.02 Å². The largest absolute Gasteiger partial charge is 0.507 e. The van der Waals surface area contributed by atoms with Gasteiger partial charge in [-0.25, -0.2) is 0 Å². The zero-order chi connectivity index (χ0) is 18.6. The standard InChI is InChI=1S/C18H14ClNO6/c19-10-1-2-13-11(6-10)18(25,17(24)20(13)8-16(22)23)12-5-9-3-4-26-15(9)7-14(12)21/h1-2,5-7,21,25H,3-4,8H2,(H,22,23). The first-order valence-corrected chi connectivity index (χ1v) is 8.25. The lowest BCUT2D eigenvalue weighted by molar-refractivity contribution is -0.139. The summed E-state index contributed by atoms with van der Waals surface area (Å²) in [4.78, 5) is 25.2. The number of ether oxygens (including phenoxy) is 1. The highest BCUT2D eigenvalue weighted by Gasteiger charge is 2.53. The molecule has 8 heteroatoms. The number of fused-ring (bicyclic) bond motifs is 2. The molecule has 1 atom stereocenters. The van der Waals surface area contributed by atoms with Crippen molar-refractivity contribution in [3.63, 3.8) is 0 Å². The number of halogens is 1. The van der Waals surface area contributed by atoms with Crippen LogP contribution in [-0.4, -0.2) is 40.3 Å². The molecule has 134 valence electrons. The maximum atomic E-state index is 13.0. The minimum Gasteiger partial charge on any atom is -0.507 e. The topological polar surface area (TPSA) is 107 Å². The second-order valence-electron chi connectivity index (χ2n) is 6.23. The van der Waals surface area contributed by atoms with Gasteiger partial charge < -0.3 is 20.1 Å². The lowest BCUT2D eigenvalue weighted by Gasteiger charge is -2.24. The highest BCUT2D eigenvalue weighted by molar-refractivity contribution is 6.31. The van der Waals surface area contributed by atoms with Crippen LogP contribution in [0.15, 0.2) is 30.3 Å². The molecule has 26 heavy (non-hydrogen) atoms. The number of aliphatic hydroxyl groups is 1. The quantitative estimate of drug-likeness (QED) is 0.753. The normalized spacial score (nSPS) is 20.7. The number of carbonyl (C=O) groups excluding carboxylic acids is 1. The monoisotopic (exact) mass is 375 g/mol. The second kappa shape index (κ2) is 5.62. The summed E-state index contributed by atoms with van der Waals surface area (Å²) in [5.74, 6) is -1.90. The van der Waals surface area contributed by atoms with Crippen molar-refractivity contribution in [1.82, 2.24) is 0 Å². The molecule has 0 spiro atoms. The molecule has 0 saturated carbocycles. The van der Waals surface area contributed by atoms with Gasteiger partial charge in [-0.3, -0.25) is 14.5 Å². The van der Waals surface area contributed by atoms with E-state index in [1.54, 1.807) is 0 Å². The zero-order valence-electron chi connectivity index (χ0n) is 13.4. The number of carboxylic acid groups (broad SMARTS) is 1. The fraction of sp³-hybridized carbons (Fsp3) is 0.222. The number of benzene rings is 2. The number of hydrogen-bond donors (Lipinski definition) is 3. The molecule has 2 aromatic carbocycles. The number of aromatic hydroxyl groups is 1. The number of hydrogen-bond acceptors (Lipinski definition) is 5. The van der Waals surface area contributed by atoms with Crippen LogP contribution in [0.4, 0.5) is 5.69 Å². The first-order valence-electron chi connectivity index (χ1n) is 7.87. The molecule has 3 N–H and O–H groups in total. The number of carboxylic acids is 1. The molecule has 2 aromatic rings. The Bertz CT molecular complexity index is 959. The van der Waals surface area contributed by atoms with Crippen molar-refractivity contribution in [3.8, 4) is 11.5 Å². The predicted molar refractivity (Wildman–Crippen MR) is 91.7 cm³/mol. The van der Waals surface area contributed by atoms with E-state index in [0.29, 0.717) is 18.8 Å². The van der Waals surface area contributed by atoms with Gasteiger partial charge in [0.1, 0.15) is 18.0 Å². The van der Waals surface area contributed by atoms with Gasteiger partial charge >= 0.3 is 5.97 Å². The Balaban J connectivity index is 1.94. The molecule has 0 aromatic heterocycles. The molecule has 2 aliphatic rings. The number of nitrogens with zero attached hydrogens (tertiary/aromatic N) is 1. The van der Waals surface area contributed by atoms with Crippen molar-refractivity contribution in [3.05, 3.63) is 52.0 Å². The van der Waals surface area contributed by atoms with E-state index in [2.05, 4.69) is 0 Å². The molecule has 0 radical (unpaired) electrons. The van der Waals surface area contributed by atoms with Crippen LogP contribution in [0.25, 0.3) is 0 Å². The van der Waals surface area contributed by atoms with Crippen LogP contribution >= 0.6 is 11.6 Å². The highest BCUT2D eigenvalue weighted by atomic mass is 35.5. The minimum absolute atomic E-state index is 0.0249. The first kappa shape index (κ1) is 16.7. The van der Waals surface area contributed by atoms with Crippen molar-refractivity contribution in [2.45, 2.75) is 12.0 Å². The summed E-state index contributed by atoms with van der Waals surface area (Å²) in [5, 5.41) is 31.2. The van der Waals surface area contributed by atoms with Crippen molar-refractivity contribution < 1.29 is 29.6 Å². The number of phenols is 1. The molecule has 2 aliphatic heterocycles. The van der Waals surface area contributed by atoms with Crippen LogP contribution < -0.4 is 9.64 Å². The molecule has 7 nitrogen and oxygen atoms in total. The third-order valence-electron chi connectivity index (χ3n) is 4.68. The molecular weight excluding hydrogens is 362 g/mol. The number of anilines is 1. The fourth-order valence-electron chi connectivity index (χ4n) is 3.51. The lowest BCUT2D eigenvalue weighted by atomic mass is 9.85. The summed E-state index contributed by atoms with van der Waals surface area (Å²) < 4.78 is 5.38. The SMILES string of the molecule is O=C(O)CN1C(=O)C(O)(c2cc3c(cc2O)OCC3)c2cc(Cl)ccc21. The Labute approximate surface area is 153 Å². The van der Waals surface area contributed by atoms with Gasteiger partial charge in [0.15, 0.2) is 5.60 Å². The molecule has 1 amide bonds. The Morgan fingerprint density at radius 2 is 2.04 bits per heavy atom. The summed E-state index contributed by atoms with van der Waals surface area (Å²) >= 11 is 6.03. The summed E-state index contributed by atoms with van der Waals surface area (Å²) in [6, 6.07) is 7.26. The summed E-state index contributed by atoms with van der Waals surface area (Å²) in [6.07, 6.45) is 0.578. The van der Waals surface area contributed by atoms with E-state index in [1.807, 2.05) is 0 Å². The van der Waals surface area contributed by atoms with Gasteiger partial charge in [0, 0.05) is 28.6 Å². The molecule has 0 aliphatic carbocycles. The lowest BCUT2D eigenvalue weighted by Crippen LogP contribution is -2.43. The molecule has 0 fully saturated rings. The first-order chi connectivity index (χ1) is 12.3. The Morgan fingerprint density at radius 3 is 2.77 bits per heavy atom. The van der Waals surface area contributed by atoms with E-state index < -0.39 is 24.0 Å². The predicted octanol–water partition coefficient (Wildman–Crippen LogP) is 1.65. The Morgan fingerprint density at radius 1 is 1.27 bits per heavy atom. The molecule has 2 heterocycles. The van der Waals surface area contributed by atoms with E-state index >= 15 is 0 Å². The number of amides is 1. The van der Waals surface area contributed by atoms with E-state index in [9.17, 15) is 19.8 Å². The van der Waals surface area contributed by atoms with Gasteiger partial charge in [0.05, 0.1) is 12.3 Å². The van der Waals surface area contributed by atoms with Crippen LogP contribution in [0.1, 0.15) is 16.7 Å². The van der Waals surface area contributed by atoms with Crippen LogP contribution in [0.5, 0.6) is 11.5 Å². The highest BCUT2D eigenvalue weighted by Crippen LogP contribution is 2.49. The van der Waals surface area contributed by atoms with Gasteiger partial charge in [-0.2, -0.15) is 0 Å². The number of rotatable bonds is 3. The van der Waals surface area contributed by atoms with E-state index in [-0.39, 0.29) is 27.6 Å². The van der Waals surface area contributed by atoms with E-state index in [4.69, 9.17) is 21.4 Å². The van der Waals surface area contributed by atoms with Crippen LogP contribution in [0.3, 0.4) is 0 Å². The van der Waals surface area contributed by atoms with Crippen molar-refractivity contribution in [2.75, 3.05) is 18.1 Å². The average Bonchev–Trinajstić information content (AvgIpc) is 3.11. The molecule has 4 rings (SSSR count). The zero-order valence-corrected chi connectivity index (χ0v) is 14.2. The summed E-state index contributed by atoms with van der Waals surface area (Å²) in [5.41, 5.74) is -1.15. The summed E-state index contributed by atoms with van der Waals surface area (Å²) in [7, 11) is 0. The molecule has 0 bridgehead atoms. The van der Waals surface area contributed by atoms with Gasteiger partial charge in [0.25, 0.3) is 5.91 Å². The Hall–Kier alpha value is -2.77. The van der Waals surface area contributed by atoms with Crippen LogP contribution in [-0.2, 0) is 21.6 Å². The maximum Gasteiger partial charge on any atom is 0.323 e. The summed E-state index contributed by atoms with van der Waals surface area (Å²) in [6.45, 7) is -0.178. The van der Waals surface area contributed by atoms with E-state index in [1.165, 1.54) is 30.3 Å². The number of aliphatic carboxylic acids is 1. The number of carbonyl (C=O) groups is 2. The van der Waals surface area contributed by atoms with Gasteiger partial charge in [-0.1, -0.05) is 11.6 Å². The molecular formula is C18H14ClNO6.